The van der Waals surface area contributed by atoms with Gasteiger partial charge in [-0.05, 0) is 97.1 Å². The van der Waals surface area contributed by atoms with Crippen LogP contribution in [0.4, 0.5) is 45.5 Å². The number of hydrogen-bond acceptors (Lipinski definition) is 16. The Balaban J connectivity index is 0.000000262. The van der Waals surface area contributed by atoms with E-state index >= 15 is 0 Å². The van der Waals surface area contributed by atoms with E-state index in [2.05, 4.69) is 39.9 Å². The Bertz CT molecular complexity index is 2080. The molecule has 8 aromatic rings. The first-order valence-electron chi connectivity index (χ1n) is 17.1. The molecule has 0 aliphatic carbocycles. The summed E-state index contributed by atoms with van der Waals surface area (Å²) in [5.74, 6) is 0. The molecule has 0 aliphatic heterocycles. The van der Waals surface area contributed by atoms with Crippen LogP contribution in [0.2, 0.25) is 0 Å². The summed E-state index contributed by atoms with van der Waals surface area (Å²) in [6.45, 7) is 0. The fourth-order valence-corrected chi connectivity index (χ4v) is 4.25. The van der Waals surface area contributed by atoms with E-state index in [-0.39, 0.29) is 19.5 Å². The molecule has 0 amide bonds. The Morgan fingerprint density at radius 3 is 0.541 bits per heavy atom. The molecule has 0 saturated heterocycles. The van der Waals surface area contributed by atoms with E-state index in [1.165, 1.54) is 0 Å². The second-order valence-electron chi connectivity index (χ2n) is 11.6. The third-order valence-electron chi connectivity index (χ3n) is 6.90. The van der Waals surface area contributed by atoms with Gasteiger partial charge >= 0.3 is 42.1 Å². The van der Waals surface area contributed by atoms with Gasteiger partial charge in [-0.25, -0.2) is 0 Å². The van der Waals surface area contributed by atoms with Crippen LogP contribution in [0, 0.1) is 0 Å². The van der Waals surface area contributed by atoms with Crippen molar-refractivity contribution in [2.75, 3.05) is 45.9 Å². The summed E-state index contributed by atoms with van der Waals surface area (Å²) < 4.78 is 0. The number of nitrogens with zero attached hydrogens (tertiary/aromatic N) is 8. The Kier molecular flexibility index (Phi) is 23.5. The predicted molar refractivity (Wildman–Crippen MR) is 244 cm³/mol. The number of aromatic nitrogens is 8. The molecule has 8 heterocycles. The predicted octanol–water partition coefficient (Wildman–Crippen LogP) is 7.32. The van der Waals surface area contributed by atoms with E-state index < -0.39 is 13.0 Å². The molecule has 16 N–H and O–H groups in total. The van der Waals surface area contributed by atoms with Crippen LogP contribution in [0.3, 0.4) is 0 Å². The Morgan fingerprint density at radius 1 is 0.279 bits per heavy atom. The van der Waals surface area contributed by atoms with Crippen molar-refractivity contribution in [3.63, 3.8) is 0 Å². The van der Waals surface area contributed by atoms with Gasteiger partial charge in [0.25, 0.3) is 0 Å². The number of halogens is 3. The summed E-state index contributed by atoms with van der Waals surface area (Å²) in [4.78, 5) is 32.4. The van der Waals surface area contributed by atoms with E-state index in [9.17, 15) is 0 Å². The molecule has 0 aliphatic rings. The van der Waals surface area contributed by atoms with Crippen LogP contribution in [0.25, 0.3) is 34.2 Å². The van der Waals surface area contributed by atoms with Crippen molar-refractivity contribution in [1.29, 1.82) is 0 Å². The number of hydrogen-bond donors (Lipinski definition) is 8. The number of rotatable bonds is 3. The van der Waals surface area contributed by atoms with Crippen LogP contribution in [0.5, 0.6) is 0 Å². The average Bonchev–Trinajstić information content (AvgIpc) is 3.22. The zero-order valence-corrected chi connectivity index (χ0v) is 37.8. The van der Waals surface area contributed by atoms with Crippen molar-refractivity contribution >= 4 is 74.6 Å². The van der Waals surface area contributed by atoms with Crippen molar-refractivity contribution in [3.05, 3.63) is 159 Å². The van der Waals surface area contributed by atoms with Crippen LogP contribution in [-0.4, -0.2) is 39.9 Å². The van der Waals surface area contributed by atoms with Crippen molar-refractivity contribution in [1.82, 2.24) is 39.9 Å². The third-order valence-corrected chi connectivity index (χ3v) is 6.90. The van der Waals surface area contributed by atoms with E-state index in [0.29, 0.717) is 34.1 Å². The summed E-state index contributed by atoms with van der Waals surface area (Å²) in [6, 6.07) is 28.0. The minimum Gasteiger partial charge on any atom is 0 e. The summed E-state index contributed by atoms with van der Waals surface area (Å²) in [6.07, 6.45) is 16.5. The molecule has 16 nitrogen and oxygen atoms in total. The van der Waals surface area contributed by atoms with Gasteiger partial charge in [0.1, 0.15) is 0 Å². The quantitative estimate of drug-likeness (QED) is 0.0804. The minimum atomic E-state index is -1.75. The van der Waals surface area contributed by atoms with Gasteiger partial charge in [0.15, 0.2) is 0 Å². The minimum absolute atomic E-state index is 0. The summed E-state index contributed by atoms with van der Waals surface area (Å²) in [5.41, 5.74) is 54.4. The normalized spacial score (nSPS) is 9.59. The van der Waals surface area contributed by atoms with E-state index in [0.717, 1.165) is 45.5 Å². The van der Waals surface area contributed by atoms with Crippen LogP contribution < -0.4 is 45.9 Å². The molecule has 319 valence electrons. The summed E-state index contributed by atoms with van der Waals surface area (Å²) in [5, 5.41) is 0. The molecule has 0 spiro atoms. The molecule has 0 saturated carbocycles. The molecule has 0 fully saturated rings. The maximum absolute atomic E-state index is 5.63. The molecule has 0 unspecified atom stereocenters. The molecule has 0 aromatic carbocycles. The van der Waals surface area contributed by atoms with Crippen molar-refractivity contribution in [3.8, 4) is 34.2 Å². The maximum atomic E-state index is 5.63. The molecule has 0 atom stereocenters. The molecule has 8 rings (SSSR count). The monoisotopic (exact) mass is 1060 g/mol. The van der Waals surface area contributed by atoms with E-state index in [1.807, 2.05) is 0 Å². The zero-order valence-electron chi connectivity index (χ0n) is 32.0. The standard InChI is InChI=1S/3C10H10N4.2C5H6N2.3ClH.2Ru/c3*11-7-1-3-13-9(5-7)10-6-8(12)2-4-14-10;2*6-5-1-3-7-4-2-5;;;;;/h3*1-6H,(H2,11,13)(H2,12,14);2*1-4H,(H2,6,7);3*1H;;/q;;;;;;;;;+3/p-3. The Hall–Kier alpha value is -6.28. The average molecular weight is 1060 g/mol. The molecule has 21 heteroatoms. The van der Waals surface area contributed by atoms with Crippen LogP contribution >= 0.6 is 29.1 Å². The first-order valence-corrected chi connectivity index (χ1v) is 23.8. The largest absolute Gasteiger partial charge is 0 e. The maximum Gasteiger partial charge on any atom is 0 e. The van der Waals surface area contributed by atoms with Gasteiger partial charge in [-0.2, -0.15) is 0 Å². The number of anilines is 8. The summed E-state index contributed by atoms with van der Waals surface area (Å²) in [7, 11) is 14.8. The molecular formula is C40H42Cl3N16Ru2. The topological polar surface area (TPSA) is 311 Å². The molecule has 61 heavy (non-hydrogen) atoms. The number of nitrogen functional groups attached to an aromatic ring is 8. The van der Waals surface area contributed by atoms with Crippen molar-refractivity contribution < 1.29 is 32.5 Å². The zero-order chi connectivity index (χ0) is 43.7. The van der Waals surface area contributed by atoms with Crippen LogP contribution in [-0.2, 0) is 32.5 Å². The van der Waals surface area contributed by atoms with Gasteiger partial charge < -0.3 is 45.9 Å². The van der Waals surface area contributed by atoms with Gasteiger partial charge in [0, 0.05) is 127 Å². The van der Waals surface area contributed by atoms with Crippen LogP contribution in [0.1, 0.15) is 0 Å². The van der Waals surface area contributed by atoms with Gasteiger partial charge in [0.05, 0.1) is 34.2 Å². The smallest absolute Gasteiger partial charge is 0 e. The Morgan fingerprint density at radius 2 is 0.426 bits per heavy atom. The fourth-order valence-electron chi connectivity index (χ4n) is 4.25. The molecule has 8 aromatic heterocycles. The van der Waals surface area contributed by atoms with E-state index in [1.54, 1.807) is 159 Å². The van der Waals surface area contributed by atoms with Gasteiger partial charge in [-0.3, -0.25) is 39.9 Å². The van der Waals surface area contributed by atoms with Gasteiger partial charge in [-0.1, -0.05) is 0 Å². The Labute approximate surface area is 383 Å². The fraction of sp³-hybridized carbons (Fsp3) is 0. The van der Waals surface area contributed by atoms with Crippen molar-refractivity contribution in [2.45, 2.75) is 0 Å². The van der Waals surface area contributed by atoms with Gasteiger partial charge in [0.2, 0.25) is 0 Å². The van der Waals surface area contributed by atoms with E-state index in [4.69, 9.17) is 74.9 Å². The molecule has 0 radical (unpaired) electrons. The van der Waals surface area contributed by atoms with Gasteiger partial charge in [-0.15, -0.1) is 0 Å². The summed E-state index contributed by atoms with van der Waals surface area (Å²) >= 11 is -1.75. The second kappa shape index (κ2) is 28.2. The third kappa shape index (κ3) is 21.5. The SMILES string of the molecule is Nc1ccnc(-c2cc(N)ccn2)c1.Nc1ccnc(-c2cc(N)ccn2)c1.Nc1ccnc(-c2cc(N)ccn2)c1.Nc1ccncc1.Nc1ccncc1.[Cl][Ru]([Cl])[Cl].[Ru]. The van der Waals surface area contributed by atoms with Crippen molar-refractivity contribution in [2.24, 2.45) is 0 Å². The first kappa shape index (κ1) is 50.9. The second-order valence-corrected chi connectivity index (χ2v) is 19.5. The molecular weight excluding hydrogens is 1010 g/mol. The number of pyridine rings is 8. The van der Waals surface area contributed by atoms with Crippen LogP contribution in [0.15, 0.2) is 159 Å². The number of nitrogens with two attached hydrogens (primary N) is 8. The molecule has 0 bridgehead atoms. The first-order chi connectivity index (χ1) is 28.8.